The van der Waals surface area contributed by atoms with Crippen molar-refractivity contribution in [2.45, 2.75) is 109 Å². The number of aliphatic hydroxyl groups is 1. The normalized spacial score (nSPS) is 21.1. The van der Waals surface area contributed by atoms with Crippen LogP contribution < -0.4 is 4.74 Å². The minimum atomic E-state index is -0.852. The maximum absolute atomic E-state index is 12.3. The first kappa shape index (κ1) is 25.7. The van der Waals surface area contributed by atoms with Gasteiger partial charge in [-0.2, -0.15) is 0 Å². The molecule has 1 N–H and O–H groups in total. The molecule has 4 nitrogen and oxygen atoms in total. The van der Waals surface area contributed by atoms with E-state index in [1.165, 1.54) is 44.9 Å². The molecule has 0 atom stereocenters. The second-order valence-corrected chi connectivity index (χ2v) is 9.17. The van der Waals surface area contributed by atoms with Crippen molar-refractivity contribution in [3.8, 4) is 5.75 Å². The van der Waals surface area contributed by atoms with Crippen LogP contribution in [0.15, 0.2) is 24.3 Å². The van der Waals surface area contributed by atoms with E-state index >= 15 is 0 Å². The fourth-order valence-electron chi connectivity index (χ4n) is 4.37. The molecule has 0 saturated heterocycles. The highest BCUT2D eigenvalue weighted by Crippen LogP contribution is 2.40. The number of esters is 1. The zero-order valence-electron chi connectivity index (χ0n) is 19.9. The summed E-state index contributed by atoms with van der Waals surface area (Å²) < 4.78 is 11.3. The average molecular weight is 433 g/mol. The SMILES string of the molecule is CCCCCCCOC(=O)C1CCC(O)(c2ccc(OCCCCCCC)cc2)CC1. The van der Waals surface area contributed by atoms with Gasteiger partial charge < -0.3 is 14.6 Å². The van der Waals surface area contributed by atoms with E-state index in [9.17, 15) is 9.90 Å². The summed E-state index contributed by atoms with van der Waals surface area (Å²) in [5.41, 5.74) is 0.0702. The number of carbonyl (C=O) groups is 1. The second kappa shape index (κ2) is 14.5. The lowest BCUT2D eigenvalue weighted by Crippen LogP contribution is -2.34. The summed E-state index contributed by atoms with van der Waals surface area (Å²) in [5.74, 6) is 0.700. The van der Waals surface area contributed by atoms with Crippen molar-refractivity contribution < 1.29 is 19.4 Å². The fourth-order valence-corrected chi connectivity index (χ4v) is 4.37. The smallest absolute Gasteiger partial charge is 0.308 e. The number of hydrogen-bond donors (Lipinski definition) is 1. The summed E-state index contributed by atoms with van der Waals surface area (Å²) in [6.07, 6.45) is 14.5. The summed E-state index contributed by atoms with van der Waals surface area (Å²) in [5, 5.41) is 11.1. The summed E-state index contributed by atoms with van der Waals surface area (Å²) in [6.45, 7) is 5.70. The highest BCUT2D eigenvalue weighted by molar-refractivity contribution is 5.72. The molecule has 1 fully saturated rings. The van der Waals surface area contributed by atoms with Crippen molar-refractivity contribution in [3.63, 3.8) is 0 Å². The van der Waals surface area contributed by atoms with Crippen LogP contribution in [-0.4, -0.2) is 24.3 Å². The lowest BCUT2D eigenvalue weighted by molar-refractivity contribution is -0.152. The van der Waals surface area contributed by atoms with E-state index in [1.807, 2.05) is 24.3 Å². The van der Waals surface area contributed by atoms with Gasteiger partial charge in [0, 0.05) is 0 Å². The van der Waals surface area contributed by atoms with Crippen molar-refractivity contribution in [1.82, 2.24) is 0 Å². The first-order valence-corrected chi connectivity index (χ1v) is 12.7. The zero-order chi connectivity index (χ0) is 22.4. The summed E-state index contributed by atoms with van der Waals surface area (Å²) in [7, 11) is 0. The molecule has 0 unspecified atom stereocenters. The van der Waals surface area contributed by atoms with Gasteiger partial charge in [-0.25, -0.2) is 0 Å². The Balaban J connectivity index is 1.69. The highest BCUT2D eigenvalue weighted by atomic mass is 16.5. The molecule has 1 aliphatic rings. The lowest BCUT2D eigenvalue weighted by atomic mass is 9.75. The zero-order valence-corrected chi connectivity index (χ0v) is 19.9. The molecule has 0 radical (unpaired) electrons. The Hall–Kier alpha value is -1.55. The number of rotatable bonds is 15. The van der Waals surface area contributed by atoms with Crippen LogP contribution in [0.25, 0.3) is 0 Å². The van der Waals surface area contributed by atoms with Gasteiger partial charge >= 0.3 is 5.97 Å². The minimum absolute atomic E-state index is 0.0776. The molecule has 1 saturated carbocycles. The predicted molar refractivity (Wildman–Crippen MR) is 126 cm³/mol. The van der Waals surface area contributed by atoms with Crippen LogP contribution in [0.2, 0.25) is 0 Å². The van der Waals surface area contributed by atoms with Gasteiger partial charge in [0.25, 0.3) is 0 Å². The van der Waals surface area contributed by atoms with Crippen LogP contribution in [0.3, 0.4) is 0 Å². The van der Waals surface area contributed by atoms with Gasteiger partial charge in [0.1, 0.15) is 5.75 Å². The standard InChI is InChI=1S/C27H44O4/c1-3-5-7-9-11-21-30-25-15-13-24(14-16-25)27(29)19-17-23(18-20-27)26(28)31-22-12-10-8-6-4-2/h13-16,23,29H,3-12,17-22H2,1-2H3. The molecule has 0 amide bonds. The van der Waals surface area contributed by atoms with Crippen LogP contribution >= 0.6 is 0 Å². The van der Waals surface area contributed by atoms with E-state index in [4.69, 9.17) is 9.47 Å². The fraction of sp³-hybridized carbons (Fsp3) is 0.741. The third-order valence-corrected chi connectivity index (χ3v) is 6.55. The number of unbranched alkanes of at least 4 members (excludes halogenated alkanes) is 8. The van der Waals surface area contributed by atoms with Gasteiger partial charge in [0.05, 0.1) is 24.7 Å². The van der Waals surface area contributed by atoms with Crippen LogP contribution in [0.5, 0.6) is 5.75 Å². The Morgan fingerprint density at radius 2 is 1.42 bits per heavy atom. The molecule has 0 aliphatic heterocycles. The number of carbonyl (C=O) groups excluding carboxylic acids is 1. The third-order valence-electron chi connectivity index (χ3n) is 6.55. The van der Waals surface area contributed by atoms with Crippen molar-refractivity contribution in [3.05, 3.63) is 29.8 Å². The minimum Gasteiger partial charge on any atom is -0.494 e. The van der Waals surface area contributed by atoms with Gasteiger partial charge in [-0.15, -0.1) is 0 Å². The molecule has 1 aromatic carbocycles. The number of benzene rings is 1. The van der Waals surface area contributed by atoms with Crippen LogP contribution in [0.1, 0.15) is 109 Å². The number of ether oxygens (including phenoxy) is 2. The molecule has 176 valence electrons. The van der Waals surface area contributed by atoms with Crippen LogP contribution in [0, 0.1) is 5.92 Å². The quantitative estimate of drug-likeness (QED) is 0.241. The molecule has 1 aromatic rings. The van der Waals surface area contributed by atoms with Crippen LogP contribution in [0.4, 0.5) is 0 Å². The van der Waals surface area contributed by atoms with Crippen molar-refractivity contribution in [2.24, 2.45) is 5.92 Å². The Morgan fingerprint density at radius 1 is 0.871 bits per heavy atom. The monoisotopic (exact) mass is 432 g/mol. The van der Waals surface area contributed by atoms with Crippen molar-refractivity contribution >= 4 is 5.97 Å². The summed E-state index contributed by atoms with van der Waals surface area (Å²) in [4.78, 5) is 12.3. The van der Waals surface area contributed by atoms with E-state index in [-0.39, 0.29) is 11.9 Å². The van der Waals surface area contributed by atoms with Crippen molar-refractivity contribution in [1.29, 1.82) is 0 Å². The largest absolute Gasteiger partial charge is 0.494 e. The van der Waals surface area contributed by atoms with E-state index in [2.05, 4.69) is 13.8 Å². The predicted octanol–water partition coefficient (Wildman–Crippen LogP) is 6.93. The van der Waals surface area contributed by atoms with E-state index in [0.29, 0.717) is 32.3 Å². The molecule has 0 spiro atoms. The topological polar surface area (TPSA) is 55.8 Å². The van der Waals surface area contributed by atoms with E-state index in [0.717, 1.165) is 37.2 Å². The summed E-state index contributed by atoms with van der Waals surface area (Å²) in [6, 6.07) is 7.86. The van der Waals surface area contributed by atoms with Gasteiger partial charge in [-0.3, -0.25) is 4.79 Å². The second-order valence-electron chi connectivity index (χ2n) is 9.17. The average Bonchev–Trinajstić information content (AvgIpc) is 2.79. The van der Waals surface area contributed by atoms with E-state index < -0.39 is 5.60 Å². The maximum atomic E-state index is 12.3. The number of hydrogen-bond acceptors (Lipinski definition) is 4. The molecular weight excluding hydrogens is 388 g/mol. The molecule has 2 rings (SSSR count). The Bertz CT molecular complexity index is 602. The molecule has 0 bridgehead atoms. The Labute approximate surface area is 189 Å². The summed E-state index contributed by atoms with van der Waals surface area (Å²) >= 11 is 0. The highest BCUT2D eigenvalue weighted by Gasteiger charge is 2.37. The molecule has 1 aliphatic carbocycles. The van der Waals surface area contributed by atoms with E-state index in [1.54, 1.807) is 0 Å². The molecule has 4 heteroatoms. The first-order valence-electron chi connectivity index (χ1n) is 12.7. The van der Waals surface area contributed by atoms with Gasteiger partial charge in [0.15, 0.2) is 0 Å². The molecule has 31 heavy (non-hydrogen) atoms. The van der Waals surface area contributed by atoms with Gasteiger partial charge in [-0.05, 0) is 56.2 Å². The van der Waals surface area contributed by atoms with Gasteiger partial charge in [-0.1, -0.05) is 77.3 Å². The maximum Gasteiger partial charge on any atom is 0.308 e. The van der Waals surface area contributed by atoms with Gasteiger partial charge in [0.2, 0.25) is 0 Å². The molecule has 0 heterocycles. The lowest BCUT2D eigenvalue weighted by Gasteiger charge is -2.35. The first-order chi connectivity index (χ1) is 15.1. The van der Waals surface area contributed by atoms with Crippen molar-refractivity contribution in [2.75, 3.05) is 13.2 Å². The molecule has 0 aromatic heterocycles. The third kappa shape index (κ3) is 9.22. The van der Waals surface area contributed by atoms with Crippen LogP contribution in [-0.2, 0) is 15.1 Å². The molecular formula is C27H44O4. The Kier molecular flexibility index (Phi) is 12.0. The Morgan fingerprint density at radius 3 is 2.00 bits per heavy atom.